The molecule has 0 saturated carbocycles. The molecule has 0 atom stereocenters. The molecule has 0 bridgehead atoms. The van der Waals surface area contributed by atoms with Gasteiger partial charge in [0, 0.05) is 5.56 Å². The summed E-state index contributed by atoms with van der Waals surface area (Å²) in [6.07, 6.45) is 0. The van der Waals surface area contributed by atoms with Crippen molar-refractivity contribution < 1.29 is 13.5 Å². The van der Waals surface area contributed by atoms with E-state index >= 15 is 0 Å². The lowest BCUT2D eigenvalue weighted by atomic mass is 10.1. The fourth-order valence-corrected chi connectivity index (χ4v) is 2.93. The van der Waals surface area contributed by atoms with Gasteiger partial charge in [-0.15, -0.1) is 0 Å². The Hall–Kier alpha value is -3.40. The molecule has 3 aromatic carbocycles. The highest BCUT2D eigenvalue weighted by atomic mass is 19.1. The second-order valence-electron chi connectivity index (χ2n) is 6.37. The highest BCUT2D eigenvalue weighted by Crippen LogP contribution is 2.31. The summed E-state index contributed by atoms with van der Waals surface area (Å²) < 4.78 is 25.0. The fourth-order valence-electron chi connectivity index (χ4n) is 2.93. The third kappa shape index (κ3) is 3.47. The van der Waals surface area contributed by atoms with E-state index in [2.05, 4.69) is 0 Å². The molecule has 0 aliphatic heterocycles. The molecule has 0 spiro atoms. The van der Waals surface area contributed by atoms with Crippen LogP contribution in [0.1, 0.15) is 11.1 Å². The minimum Gasteiger partial charge on any atom is -0.481 e. The molecular weight excluding hydrogens is 343 g/mol. The van der Waals surface area contributed by atoms with Crippen molar-refractivity contribution in [2.45, 2.75) is 13.5 Å². The van der Waals surface area contributed by atoms with E-state index in [9.17, 15) is 9.18 Å². The number of hydrogen-bond acceptors (Lipinski definition) is 3. The summed E-state index contributed by atoms with van der Waals surface area (Å²) in [5, 5.41) is 0.467. The van der Waals surface area contributed by atoms with Gasteiger partial charge in [0.15, 0.2) is 5.76 Å². The van der Waals surface area contributed by atoms with Gasteiger partial charge in [0.1, 0.15) is 18.0 Å². The number of aryl methyl sites for hydroxylation is 1. The molecule has 3 nitrogen and oxygen atoms in total. The zero-order valence-electron chi connectivity index (χ0n) is 14.7. The Balaban J connectivity index is 1.83. The van der Waals surface area contributed by atoms with Gasteiger partial charge in [0.25, 0.3) is 0 Å². The monoisotopic (exact) mass is 360 g/mol. The van der Waals surface area contributed by atoms with Crippen molar-refractivity contribution in [3.05, 3.63) is 100.0 Å². The van der Waals surface area contributed by atoms with Gasteiger partial charge in [0.2, 0.25) is 11.2 Å². The summed E-state index contributed by atoms with van der Waals surface area (Å²) in [4.78, 5) is 13.1. The molecule has 0 saturated heterocycles. The van der Waals surface area contributed by atoms with Crippen molar-refractivity contribution in [2.75, 3.05) is 0 Å². The second kappa shape index (κ2) is 7.08. The highest BCUT2D eigenvalue weighted by molar-refractivity contribution is 5.82. The summed E-state index contributed by atoms with van der Waals surface area (Å²) >= 11 is 0. The molecular formula is C23H17FO3. The van der Waals surface area contributed by atoms with Gasteiger partial charge >= 0.3 is 0 Å². The van der Waals surface area contributed by atoms with Crippen LogP contribution in [0.3, 0.4) is 0 Å². The van der Waals surface area contributed by atoms with E-state index in [1.54, 1.807) is 18.2 Å². The first-order chi connectivity index (χ1) is 13.1. The van der Waals surface area contributed by atoms with E-state index in [-0.39, 0.29) is 23.6 Å². The summed E-state index contributed by atoms with van der Waals surface area (Å²) in [5.74, 6) is 0.229. The number of fused-ring (bicyclic) bond motifs is 1. The van der Waals surface area contributed by atoms with Gasteiger partial charge in [0.05, 0.1) is 5.39 Å². The van der Waals surface area contributed by atoms with E-state index in [0.717, 1.165) is 16.7 Å². The van der Waals surface area contributed by atoms with Crippen LogP contribution in [0, 0.1) is 12.7 Å². The lowest BCUT2D eigenvalue weighted by Gasteiger charge is -2.12. The number of benzene rings is 3. The average Bonchev–Trinajstić information content (AvgIpc) is 2.69. The van der Waals surface area contributed by atoms with Gasteiger partial charge in [-0.2, -0.15) is 0 Å². The smallest absolute Gasteiger partial charge is 0.235 e. The van der Waals surface area contributed by atoms with Crippen LogP contribution in [0.5, 0.6) is 5.75 Å². The molecule has 1 heterocycles. The molecule has 0 unspecified atom stereocenters. The van der Waals surface area contributed by atoms with Crippen molar-refractivity contribution in [3.8, 4) is 17.1 Å². The molecule has 0 amide bonds. The Labute approximate surface area is 155 Å². The van der Waals surface area contributed by atoms with Crippen LogP contribution in [0.4, 0.5) is 4.39 Å². The van der Waals surface area contributed by atoms with Crippen LogP contribution in [-0.4, -0.2) is 0 Å². The van der Waals surface area contributed by atoms with Gasteiger partial charge in [-0.05, 0) is 42.3 Å². The molecule has 4 aromatic rings. The average molecular weight is 360 g/mol. The van der Waals surface area contributed by atoms with Crippen LogP contribution in [0.25, 0.3) is 22.3 Å². The molecule has 0 aliphatic carbocycles. The Morgan fingerprint density at radius 1 is 0.963 bits per heavy atom. The molecule has 0 radical (unpaired) electrons. The second-order valence-corrected chi connectivity index (χ2v) is 6.37. The summed E-state index contributed by atoms with van der Waals surface area (Å²) in [5.41, 5.74) is 2.82. The van der Waals surface area contributed by atoms with Crippen LogP contribution >= 0.6 is 0 Å². The zero-order valence-corrected chi connectivity index (χ0v) is 14.7. The van der Waals surface area contributed by atoms with Gasteiger partial charge < -0.3 is 9.15 Å². The van der Waals surface area contributed by atoms with E-state index in [1.165, 1.54) is 12.1 Å². The lowest BCUT2D eigenvalue weighted by molar-refractivity contribution is 0.297. The van der Waals surface area contributed by atoms with E-state index in [1.807, 2.05) is 49.4 Å². The van der Waals surface area contributed by atoms with Crippen molar-refractivity contribution >= 4 is 11.0 Å². The summed E-state index contributed by atoms with van der Waals surface area (Å²) in [7, 11) is 0. The van der Waals surface area contributed by atoms with Gasteiger partial charge in [-0.3, -0.25) is 4.79 Å². The summed E-state index contributed by atoms with van der Waals surface area (Å²) in [6.45, 7) is 2.09. The highest BCUT2D eigenvalue weighted by Gasteiger charge is 2.18. The first kappa shape index (κ1) is 17.0. The molecule has 4 rings (SSSR count). The zero-order chi connectivity index (χ0) is 18.8. The molecule has 0 fully saturated rings. The maximum absolute atomic E-state index is 13.1. The molecule has 0 N–H and O–H groups in total. The van der Waals surface area contributed by atoms with E-state index < -0.39 is 0 Å². The van der Waals surface area contributed by atoms with Crippen molar-refractivity contribution in [1.82, 2.24) is 0 Å². The standard InChI is InChI=1S/C23H17FO3/c1-15-7-12-19-20(13-15)27-22(17-5-3-2-4-6-17)23(21(19)25)26-14-16-8-10-18(24)11-9-16/h2-13H,14H2,1H3. The van der Waals surface area contributed by atoms with Crippen molar-refractivity contribution in [1.29, 1.82) is 0 Å². The van der Waals surface area contributed by atoms with Crippen LogP contribution < -0.4 is 10.2 Å². The Kier molecular flexibility index (Phi) is 4.47. The number of halogens is 1. The van der Waals surface area contributed by atoms with Gasteiger partial charge in [-0.25, -0.2) is 4.39 Å². The maximum atomic E-state index is 13.1. The normalized spacial score (nSPS) is 10.9. The number of rotatable bonds is 4. The maximum Gasteiger partial charge on any atom is 0.235 e. The van der Waals surface area contributed by atoms with Crippen LogP contribution in [0.2, 0.25) is 0 Å². The number of ether oxygens (including phenoxy) is 1. The quantitative estimate of drug-likeness (QED) is 0.483. The lowest BCUT2D eigenvalue weighted by Crippen LogP contribution is -2.10. The van der Waals surface area contributed by atoms with Crippen molar-refractivity contribution in [3.63, 3.8) is 0 Å². The SMILES string of the molecule is Cc1ccc2c(=O)c(OCc3ccc(F)cc3)c(-c3ccccc3)oc2c1. The molecule has 4 heteroatoms. The van der Waals surface area contributed by atoms with Gasteiger partial charge in [-0.1, -0.05) is 48.5 Å². The third-order valence-corrected chi connectivity index (χ3v) is 4.34. The van der Waals surface area contributed by atoms with Crippen LogP contribution in [-0.2, 0) is 6.61 Å². The van der Waals surface area contributed by atoms with Crippen LogP contribution in [0.15, 0.2) is 82.0 Å². The predicted octanol–water partition coefficient (Wildman–Crippen LogP) is 5.49. The number of hydrogen-bond donors (Lipinski definition) is 0. The first-order valence-electron chi connectivity index (χ1n) is 8.62. The molecule has 0 aliphatic rings. The Morgan fingerprint density at radius 3 is 2.44 bits per heavy atom. The van der Waals surface area contributed by atoms with Crippen molar-refractivity contribution in [2.24, 2.45) is 0 Å². The minimum absolute atomic E-state index is 0.141. The fraction of sp³-hybridized carbons (Fsp3) is 0.0870. The Morgan fingerprint density at radius 2 is 1.70 bits per heavy atom. The summed E-state index contributed by atoms with van der Waals surface area (Å²) in [6, 6.07) is 20.8. The predicted molar refractivity (Wildman–Crippen MR) is 103 cm³/mol. The third-order valence-electron chi connectivity index (χ3n) is 4.34. The largest absolute Gasteiger partial charge is 0.481 e. The first-order valence-corrected chi connectivity index (χ1v) is 8.62. The molecule has 134 valence electrons. The molecule has 27 heavy (non-hydrogen) atoms. The topological polar surface area (TPSA) is 39.4 Å². The Bertz CT molecular complexity index is 1150. The van der Waals surface area contributed by atoms with E-state index in [0.29, 0.717) is 16.7 Å². The van der Waals surface area contributed by atoms with E-state index in [4.69, 9.17) is 9.15 Å². The molecule has 1 aromatic heterocycles. The minimum atomic E-state index is -0.315.